The summed E-state index contributed by atoms with van der Waals surface area (Å²) in [6, 6.07) is 6.17. The molecule has 0 spiro atoms. The largest absolute Gasteiger partial charge is 0.444 e. The highest BCUT2D eigenvalue weighted by molar-refractivity contribution is 5.67. The molecule has 1 unspecified atom stereocenters. The van der Waals surface area contributed by atoms with Gasteiger partial charge in [-0.05, 0) is 38.5 Å². The van der Waals surface area contributed by atoms with Crippen LogP contribution in [0.1, 0.15) is 33.3 Å². The van der Waals surface area contributed by atoms with E-state index in [-0.39, 0.29) is 5.82 Å². The molecule has 0 aromatic heterocycles. The van der Waals surface area contributed by atoms with Gasteiger partial charge in [0.2, 0.25) is 0 Å². The summed E-state index contributed by atoms with van der Waals surface area (Å²) in [5.41, 5.74) is 5.73. The number of halogens is 1. The second-order valence-electron chi connectivity index (χ2n) is 6.60. The lowest BCUT2D eigenvalue weighted by atomic mass is 9.89. The van der Waals surface area contributed by atoms with E-state index in [4.69, 9.17) is 10.5 Å². The molecule has 22 heavy (non-hydrogen) atoms. The number of rotatable bonds is 5. The van der Waals surface area contributed by atoms with Crippen LogP contribution in [0.2, 0.25) is 0 Å². The summed E-state index contributed by atoms with van der Waals surface area (Å²) in [6.07, 6.45) is 3.31. The number of benzene rings is 1. The number of carbonyl (C=O) groups is 1. The summed E-state index contributed by atoms with van der Waals surface area (Å²) in [5.74, 6) is -0.273. The molecular formula is C17H25FN2O2. The minimum atomic E-state index is -0.535. The number of hydrogen-bond donors (Lipinski definition) is 2. The van der Waals surface area contributed by atoms with Crippen molar-refractivity contribution >= 4 is 12.2 Å². The van der Waals surface area contributed by atoms with E-state index in [1.165, 1.54) is 12.1 Å². The Balaban J connectivity index is 2.63. The van der Waals surface area contributed by atoms with Gasteiger partial charge in [-0.3, -0.25) is 0 Å². The van der Waals surface area contributed by atoms with Gasteiger partial charge in [-0.2, -0.15) is 0 Å². The molecule has 0 saturated heterocycles. The number of alkyl carbamates (subject to hydrolysis) is 1. The summed E-state index contributed by atoms with van der Waals surface area (Å²) in [7, 11) is 0. The van der Waals surface area contributed by atoms with Crippen LogP contribution in [0.25, 0.3) is 6.08 Å². The molecule has 5 heteroatoms. The zero-order valence-corrected chi connectivity index (χ0v) is 13.7. The summed E-state index contributed by atoms with van der Waals surface area (Å²) in [5, 5.41) is 2.72. The molecule has 4 nitrogen and oxygen atoms in total. The van der Waals surface area contributed by atoms with Gasteiger partial charge in [-0.1, -0.05) is 31.2 Å². The molecular weight excluding hydrogens is 283 g/mol. The number of carbonyl (C=O) groups excluding carboxylic acids is 1. The summed E-state index contributed by atoms with van der Waals surface area (Å²) in [6.45, 7) is 8.08. The Morgan fingerprint density at radius 2 is 1.86 bits per heavy atom. The Bertz CT molecular complexity index is 520. The Morgan fingerprint density at radius 1 is 1.27 bits per heavy atom. The number of amides is 1. The van der Waals surface area contributed by atoms with E-state index in [0.29, 0.717) is 13.1 Å². The molecule has 0 aliphatic heterocycles. The minimum absolute atomic E-state index is 0.273. The van der Waals surface area contributed by atoms with E-state index < -0.39 is 17.1 Å². The Hall–Kier alpha value is -1.88. The molecule has 0 fully saturated rings. The van der Waals surface area contributed by atoms with Crippen LogP contribution in [0.4, 0.5) is 9.18 Å². The van der Waals surface area contributed by atoms with E-state index in [2.05, 4.69) is 5.32 Å². The molecule has 0 bridgehead atoms. The van der Waals surface area contributed by atoms with Crippen LogP contribution in [0.3, 0.4) is 0 Å². The van der Waals surface area contributed by atoms with Gasteiger partial charge in [0.15, 0.2) is 0 Å². The molecule has 1 rings (SSSR count). The molecule has 0 aliphatic carbocycles. The molecule has 122 valence electrons. The highest BCUT2D eigenvalue weighted by atomic mass is 19.1. The Morgan fingerprint density at radius 3 is 2.36 bits per heavy atom. The number of nitrogens with two attached hydrogens (primary N) is 1. The molecule has 1 aromatic rings. The van der Waals surface area contributed by atoms with Crippen molar-refractivity contribution in [2.75, 3.05) is 13.1 Å². The third-order valence-corrected chi connectivity index (χ3v) is 3.05. The van der Waals surface area contributed by atoms with Crippen LogP contribution < -0.4 is 11.1 Å². The molecule has 1 amide bonds. The lowest BCUT2D eigenvalue weighted by molar-refractivity contribution is 0.0513. The van der Waals surface area contributed by atoms with Gasteiger partial charge in [0.25, 0.3) is 0 Å². The van der Waals surface area contributed by atoms with Crippen molar-refractivity contribution in [2.45, 2.75) is 33.3 Å². The van der Waals surface area contributed by atoms with Gasteiger partial charge in [0.1, 0.15) is 11.4 Å². The van der Waals surface area contributed by atoms with Gasteiger partial charge >= 0.3 is 6.09 Å². The van der Waals surface area contributed by atoms with Gasteiger partial charge in [0.05, 0.1) is 0 Å². The van der Waals surface area contributed by atoms with Crippen molar-refractivity contribution in [1.29, 1.82) is 0 Å². The maximum Gasteiger partial charge on any atom is 0.407 e. The Labute approximate surface area is 131 Å². The quantitative estimate of drug-likeness (QED) is 0.877. The molecule has 0 aliphatic rings. The smallest absolute Gasteiger partial charge is 0.407 e. The van der Waals surface area contributed by atoms with Crippen molar-refractivity contribution < 1.29 is 13.9 Å². The number of nitrogens with one attached hydrogen (secondary N) is 1. The van der Waals surface area contributed by atoms with Crippen LogP contribution >= 0.6 is 0 Å². The van der Waals surface area contributed by atoms with Crippen LogP contribution in [-0.2, 0) is 4.74 Å². The summed E-state index contributed by atoms with van der Waals surface area (Å²) in [4.78, 5) is 11.7. The second kappa shape index (κ2) is 7.40. The lowest BCUT2D eigenvalue weighted by Crippen LogP contribution is -2.41. The average molecular weight is 308 g/mol. The summed E-state index contributed by atoms with van der Waals surface area (Å²) >= 11 is 0. The number of hydrogen-bond acceptors (Lipinski definition) is 3. The highest BCUT2D eigenvalue weighted by Crippen LogP contribution is 2.18. The monoisotopic (exact) mass is 308 g/mol. The van der Waals surface area contributed by atoms with Crippen LogP contribution in [0, 0.1) is 11.2 Å². The van der Waals surface area contributed by atoms with Crippen molar-refractivity contribution in [1.82, 2.24) is 5.32 Å². The standard InChI is InChI=1S/C17H25FN2O2/c1-16(2,3)22-15(21)20-12-17(4,11-19)10-9-13-5-7-14(18)8-6-13/h5-10H,11-12,19H2,1-4H3,(H,20,21)/b10-9+. The lowest BCUT2D eigenvalue weighted by Gasteiger charge is -2.26. The fourth-order valence-electron chi connectivity index (χ4n) is 1.66. The third kappa shape index (κ3) is 6.72. The summed E-state index contributed by atoms with van der Waals surface area (Å²) < 4.78 is 18.1. The average Bonchev–Trinajstić information content (AvgIpc) is 2.43. The van der Waals surface area contributed by atoms with Crippen molar-refractivity contribution in [2.24, 2.45) is 11.1 Å². The van der Waals surface area contributed by atoms with Crippen LogP contribution in [0.5, 0.6) is 0 Å². The van der Waals surface area contributed by atoms with Gasteiger partial charge in [-0.15, -0.1) is 0 Å². The molecule has 0 radical (unpaired) electrons. The predicted molar refractivity (Wildman–Crippen MR) is 86.8 cm³/mol. The van der Waals surface area contributed by atoms with E-state index >= 15 is 0 Å². The first-order chi connectivity index (χ1) is 10.1. The number of ether oxygens (including phenoxy) is 1. The Kier molecular flexibility index (Phi) is 6.11. The predicted octanol–water partition coefficient (Wildman–Crippen LogP) is 3.33. The zero-order chi connectivity index (χ0) is 16.8. The van der Waals surface area contributed by atoms with Gasteiger partial charge < -0.3 is 15.8 Å². The fourth-order valence-corrected chi connectivity index (χ4v) is 1.66. The van der Waals surface area contributed by atoms with Crippen molar-refractivity contribution in [3.05, 3.63) is 41.7 Å². The van der Waals surface area contributed by atoms with E-state index in [1.54, 1.807) is 12.1 Å². The SMILES string of the molecule is CC(/C=C/c1ccc(F)cc1)(CN)CNC(=O)OC(C)(C)C. The van der Waals surface area contributed by atoms with E-state index in [0.717, 1.165) is 5.56 Å². The second-order valence-corrected chi connectivity index (χ2v) is 6.60. The minimum Gasteiger partial charge on any atom is -0.444 e. The first-order valence-electron chi connectivity index (χ1n) is 7.25. The highest BCUT2D eigenvalue weighted by Gasteiger charge is 2.22. The first kappa shape index (κ1) is 18.2. The van der Waals surface area contributed by atoms with E-state index in [9.17, 15) is 9.18 Å². The third-order valence-electron chi connectivity index (χ3n) is 3.05. The van der Waals surface area contributed by atoms with Crippen LogP contribution in [0.15, 0.2) is 30.3 Å². The normalized spacial score (nSPS) is 14.6. The molecule has 1 aromatic carbocycles. The zero-order valence-electron chi connectivity index (χ0n) is 13.7. The first-order valence-corrected chi connectivity index (χ1v) is 7.25. The molecule has 0 saturated carbocycles. The maximum absolute atomic E-state index is 12.9. The van der Waals surface area contributed by atoms with Crippen LogP contribution in [-0.4, -0.2) is 24.8 Å². The van der Waals surface area contributed by atoms with Gasteiger partial charge in [-0.25, -0.2) is 9.18 Å². The molecule has 0 heterocycles. The fraction of sp³-hybridized carbons (Fsp3) is 0.471. The maximum atomic E-state index is 12.9. The molecule has 3 N–H and O–H groups in total. The molecule has 1 atom stereocenters. The van der Waals surface area contributed by atoms with Gasteiger partial charge in [0, 0.05) is 18.5 Å². The topological polar surface area (TPSA) is 64.3 Å². The van der Waals surface area contributed by atoms with Crippen molar-refractivity contribution in [3.8, 4) is 0 Å². The van der Waals surface area contributed by atoms with Crippen molar-refractivity contribution in [3.63, 3.8) is 0 Å². The van der Waals surface area contributed by atoms with E-state index in [1.807, 2.05) is 39.8 Å².